The summed E-state index contributed by atoms with van der Waals surface area (Å²) >= 11 is 0. The zero-order valence-corrected chi connectivity index (χ0v) is 14.3. The molecule has 5 aliphatic rings. The Morgan fingerprint density at radius 1 is 1.17 bits per heavy atom. The summed E-state index contributed by atoms with van der Waals surface area (Å²) in [5, 5.41) is 12.1. The summed E-state index contributed by atoms with van der Waals surface area (Å²) in [6.07, 6.45) is 8.58. The van der Waals surface area contributed by atoms with Crippen LogP contribution in [0.25, 0.3) is 0 Å². The lowest BCUT2D eigenvalue weighted by Gasteiger charge is -2.55. The van der Waals surface area contributed by atoms with Crippen LogP contribution in [0.3, 0.4) is 0 Å². The maximum Gasteiger partial charge on any atom is 0.312 e. The third-order valence-corrected chi connectivity index (χ3v) is 6.83. The first kappa shape index (κ1) is 15.9. The van der Waals surface area contributed by atoms with E-state index in [1.165, 1.54) is 19.3 Å². The van der Waals surface area contributed by atoms with Crippen LogP contribution in [0.15, 0.2) is 0 Å². The molecule has 5 nitrogen and oxygen atoms in total. The van der Waals surface area contributed by atoms with Crippen molar-refractivity contribution in [2.45, 2.75) is 63.8 Å². The van der Waals surface area contributed by atoms with E-state index in [1.54, 1.807) is 6.92 Å². The van der Waals surface area contributed by atoms with Crippen LogP contribution in [0, 0.1) is 40.4 Å². The molecule has 0 aromatic heterocycles. The van der Waals surface area contributed by atoms with Gasteiger partial charge in [-0.1, -0.05) is 0 Å². The molecule has 24 heavy (non-hydrogen) atoms. The van der Waals surface area contributed by atoms with Gasteiger partial charge in [-0.05, 0) is 82.0 Å². The van der Waals surface area contributed by atoms with Crippen molar-refractivity contribution in [1.29, 1.82) is 5.26 Å². The number of esters is 1. The Bertz CT molecular complexity index is 569. The largest absolute Gasteiger partial charge is 0.455 e. The first-order chi connectivity index (χ1) is 11.4. The summed E-state index contributed by atoms with van der Waals surface area (Å²) in [6.45, 7) is 1.49. The normalized spacial score (nSPS) is 38.9. The van der Waals surface area contributed by atoms with Crippen LogP contribution in [-0.4, -0.2) is 24.0 Å². The van der Waals surface area contributed by atoms with E-state index in [-0.39, 0.29) is 29.8 Å². The second-order valence-corrected chi connectivity index (χ2v) is 8.91. The Kier molecular flexibility index (Phi) is 3.63. The zero-order chi connectivity index (χ0) is 16.9. The van der Waals surface area contributed by atoms with Gasteiger partial charge < -0.3 is 10.1 Å². The molecule has 1 atom stereocenters. The Hall–Kier alpha value is -1.57. The van der Waals surface area contributed by atoms with Crippen molar-refractivity contribution in [3.63, 3.8) is 0 Å². The van der Waals surface area contributed by atoms with E-state index in [9.17, 15) is 14.9 Å². The van der Waals surface area contributed by atoms with Gasteiger partial charge in [0.25, 0.3) is 5.91 Å². The smallest absolute Gasteiger partial charge is 0.312 e. The van der Waals surface area contributed by atoms with Gasteiger partial charge in [-0.25, -0.2) is 0 Å². The maximum absolute atomic E-state index is 12.7. The van der Waals surface area contributed by atoms with Gasteiger partial charge in [0.05, 0.1) is 11.5 Å². The maximum atomic E-state index is 12.7. The average Bonchev–Trinajstić information content (AvgIpc) is 3.36. The molecule has 0 aromatic rings. The predicted molar refractivity (Wildman–Crippen MR) is 86.4 cm³/mol. The van der Waals surface area contributed by atoms with Crippen molar-refractivity contribution in [2.75, 3.05) is 6.61 Å². The van der Waals surface area contributed by atoms with E-state index in [4.69, 9.17) is 4.74 Å². The lowest BCUT2D eigenvalue weighted by molar-refractivity contribution is -0.173. The molecule has 5 saturated carbocycles. The molecule has 0 aromatic carbocycles. The van der Waals surface area contributed by atoms with Crippen LogP contribution in [0.2, 0.25) is 0 Å². The number of amides is 1. The number of nitriles is 1. The summed E-state index contributed by atoms with van der Waals surface area (Å²) in [5.74, 6) is 1.72. The molecule has 5 heteroatoms. The van der Waals surface area contributed by atoms with Crippen molar-refractivity contribution in [2.24, 2.45) is 29.1 Å². The van der Waals surface area contributed by atoms with Gasteiger partial charge in [0.1, 0.15) is 5.54 Å². The SMILES string of the molecule is C[C@@](C#N)(NC(=O)COC(=O)C12CC3CC(CC(C3)C1)C2)C1CC1. The monoisotopic (exact) mass is 330 g/mol. The molecule has 0 spiro atoms. The van der Waals surface area contributed by atoms with Crippen molar-refractivity contribution in [3.8, 4) is 6.07 Å². The topological polar surface area (TPSA) is 79.2 Å². The molecule has 1 amide bonds. The molecule has 0 heterocycles. The fourth-order valence-corrected chi connectivity index (χ4v) is 5.85. The molecule has 5 aliphatic carbocycles. The Morgan fingerprint density at radius 2 is 1.71 bits per heavy atom. The first-order valence-corrected chi connectivity index (χ1v) is 9.32. The molecule has 0 unspecified atom stereocenters. The minimum absolute atomic E-state index is 0.179. The first-order valence-electron chi connectivity index (χ1n) is 9.32. The molecular formula is C19H26N2O3. The van der Waals surface area contributed by atoms with Gasteiger partial charge in [0.15, 0.2) is 6.61 Å². The lowest BCUT2D eigenvalue weighted by Crippen LogP contribution is -2.52. The highest BCUT2D eigenvalue weighted by Crippen LogP contribution is 2.60. The number of carbonyl (C=O) groups excluding carboxylic acids is 2. The number of carbonyl (C=O) groups is 2. The van der Waals surface area contributed by atoms with Crippen molar-refractivity contribution < 1.29 is 14.3 Å². The molecule has 130 valence electrons. The van der Waals surface area contributed by atoms with E-state index in [2.05, 4.69) is 11.4 Å². The molecule has 4 bridgehead atoms. The number of hydrogen-bond donors (Lipinski definition) is 1. The summed E-state index contributed by atoms with van der Waals surface area (Å²) in [4.78, 5) is 24.9. The fraction of sp³-hybridized carbons (Fsp3) is 0.842. The fourth-order valence-electron chi connectivity index (χ4n) is 5.85. The third-order valence-electron chi connectivity index (χ3n) is 6.83. The summed E-state index contributed by atoms with van der Waals surface area (Å²) in [7, 11) is 0. The van der Waals surface area contributed by atoms with Crippen molar-refractivity contribution >= 4 is 11.9 Å². The highest BCUT2D eigenvalue weighted by molar-refractivity contribution is 5.83. The van der Waals surface area contributed by atoms with Crippen LogP contribution < -0.4 is 5.32 Å². The number of ether oxygens (including phenoxy) is 1. The highest BCUT2D eigenvalue weighted by atomic mass is 16.5. The molecular weight excluding hydrogens is 304 g/mol. The standard InChI is InChI=1S/C19H26N2O3/c1-18(11-20,15-2-3-15)21-16(22)10-24-17(23)19-7-12-4-13(8-19)6-14(5-12)9-19/h12-15H,2-10H2,1H3,(H,21,22)/t12?,13?,14?,18-,19?/m0/s1. The van der Waals surface area contributed by atoms with E-state index < -0.39 is 5.54 Å². The molecule has 5 fully saturated rings. The Labute approximate surface area is 143 Å². The number of rotatable bonds is 5. The molecule has 0 aliphatic heterocycles. The van der Waals surface area contributed by atoms with Crippen LogP contribution in [-0.2, 0) is 14.3 Å². The van der Waals surface area contributed by atoms with Crippen LogP contribution in [0.1, 0.15) is 58.3 Å². The van der Waals surface area contributed by atoms with Crippen LogP contribution in [0.4, 0.5) is 0 Å². The molecule has 1 N–H and O–H groups in total. The van der Waals surface area contributed by atoms with Crippen molar-refractivity contribution in [1.82, 2.24) is 5.32 Å². The van der Waals surface area contributed by atoms with Gasteiger partial charge in [0.2, 0.25) is 0 Å². The summed E-state index contributed by atoms with van der Waals surface area (Å²) < 4.78 is 5.42. The lowest BCUT2D eigenvalue weighted by atomic mass is 9.49. The van der Waals surface area contributed by atoms with E-state index >= 15 is 0 Å². The Morgan fingerprint density at radius 3 is 2.17 bits per heavy atom. The molecule has 5 rings (SSSR count). The minimum Gasteiger partial charge on any atom is -0.455 e. The van der Waals surface area contributed by atoms with E-state index in [1.807, 2.05) is 0 Å². The predicted octanol–water partition coefficient (Wildman–Crippen LogP) is 2.55. The number of nitrogens with zero attached hydrogens (tertiary/aromatic N) is 1. The summed E-state index contributed by atoms with van der Waals surface area (Å²) in [6, 6.07) is 2.20. The second-order valence-electron chi connectivity index (χ2n) is 8.91. The van der Waals surface area contributed by atoms with Crippen LogP contribution in [0.5, 0.6) is 0 Å². The van der Waals surface area contributed by atoms with Gasteiger partial charge in [-0.3, -0.25) is 9.59 Å². The summed E-state index contributed by atoms with van der Waals surface area (Å²) in [5.41, 5.74) is -1.16. The van der Waals surface area contributed by atoms with Gasteiger partial charge in [-0.2, -0.15) is 5.26 Å². The molecule has 0 radical (unpaired) electrons. The van der Waals surface area contributed by atoms with Gasteiger partial charge in [0, 0.05) is 0 Å². The average molecular weight is 330 g/mol. The van der Waals surface area contributed by atoms with Crippen LogP contribution >= 0.6 is 0 Å². The van der Waals surface area contributed by atoms with Gasteiger partial charge in [-0.15, -0.1) is 0 Å². The number of nitrogens with one attached hydrogen (secondary N) is 1. The quantitative estimate of drug-likeness (QED) is 0.786. The second kappa shape index (κ2) is 5.47. The Balaban J connectivity index is 1.34. The highest BCUT2D eigenvalue weighted by Gasteiger charge is 2.55. The van der Waals surface area contributed by atoms with Crippen molar-refractivity contribution in [3.05, 3.63) is 0 Å². The minimum atomic E-state index is -0.829. The molecule has 0 saturated heterocycles. The number of hydrogen-bond acceptors (Lipinski definition) is 4. The van der Waals surface area contributed by atoms with E-state index in [0.717, 1.165) is 32.1 Å². The zero-order valence-electron chi connectivity index (χ0n) is 14.3. The van der Waals surface area contributed by atoms with E-state index in [0.29, 0.717) is 17.8 Å². The van der Waals surface area contributed by atoms with Gasteiger partial charge >= 0.3 is 5.97 Å². The third kappa shape index (κ3) is 2.70.